The lowest BCUT2D eigenvalue weighted by Gasteiger charge is -2.23. The number of rotatable bonds is 14. The van der Waals surface area contributed by atoms with Crippen molar-refractivity contribution < 1.29 is 49.3 Å². The number of nitrogens with one attached hydrogen (secondary N) is 1. The molecule has 0 aliphatic rings. The lowest BCUT2D eigenvalue weighted by molar-refractivity contribution is -0.858. The van der Waals surface area contributed by atoms with Gasteiger partial charge in [0.2, 0.25) is 0 Å². The first-order valence-electron chi connectivity index (χ1n) is 12.5. The molecule has 198 valence electrons. The van der Waals surface area contributed by atoms with Gasteiger partial charge in [-0.3, -0.25) is 4.79 Å². The smallest absolute Gasteiger partial charge is 0.172 e. The van der Waals surface area contributed by atoms with E-state index in [1.54, 1.807) is 0 Å². The SMILES string of the molecule is CCOC(c1ccccc1)C(C)[NH2+]CCC(=O)c1ccc2ccccc2c1OCCC[NH+](C)C.[Cl-].[Cl-]. The Morgan fingerprint density at radius 3 is 2.36 bits per heavy atom. The Kier molecular flexibility index (Phi) is 14.7. The minimum atomic E-state index is -0.000285. The Hall–Kier alpha value is -2.15. The number of carbonyl (C=O) groups is 1. The van der Waals surface area contributed by atoms with Gasteiger partial charge >= 0.3 is 0 Å². The zero-order chi connectivity index (χ0) is 24.3. The van der Waals surface area contributed by atoms with Crippen LogP contribution in [0.3, 0.4) is 0 Å². The molecule has 0 amide bonds. The molecule has 3 aromatic rings. The van der Waals surface area contributed by atoms with Crippen molar-refractivity contribution in [2.45, 2.75) is 38.8 Å². The molecule has 0 heterocycles. The zero-order valence-corrected chi connectivity index (χ0v) is 23.3. The second kappa shape index (κ2) is 16.6. The van der Waals surface area contributed by atoms with Gasteiger partial charge in [0.25, 0.3) is 0 Å². The van der Waals surface area contributed by atoms with Crippen molar-refractivity contribution in [1.82, 2.24) is 0 Å². The summed E-state index contributed by atoms with van der Waals surface area (Å²) in [5.74, 6) is 0.844. The number of carbonyl (C=O) groups excluding carboxylic acids is 1. The van der Waals surface area contributed by atoms with E-state index in [0.29, 0.717) is 31.7 Å². The molecular weight excluding hydrogens is 495 g/mol. The van der Waals surface area contributed by atoms with Gasteiger partial charge in [-0.25, -0.2) is 0 Å². The number of fused-ring (bicyclic) bond motifs is 1. The summed E-state index contributed by atoms with van der Waals surface area (Å²) in [6, 6.07) is 22.6. The standard InChI is InChI=1S/C29H38N2O3.2ClH/c1-5-33-28(24-13-7-6-8-14-24)22(2)30-19-18-27(32)26-17-16-23-12-9-10-15-25(23)29(26)34-21-11-20-31(3)4;;/h6-10,12-17,22,28,30H,5,11,18-21H2,1-4H3;2*1H. The van der Waals surface area contributed by atoms with Gasteiger partial charge < -0.3 is 44.5 Å². The molecule has 3 rings (SSSR count). The lowest BCUT2D eigenvalue weighted by atomic mass is 10.0. The topological polar surface area (TPSA) is 56.6 Å². The summed E-state index contributed by atoms with van der Waals surface area (Å²) in [7, 11) is 4.27. The highest BCUT2D eigenvalue weighted by Gasteiger charge is 2.23. The van der Waals surface area contributed by atoms with Crippen molar-refractivity contribution in [2.75, 3.05) is 40.4 Å². The third-order valence-corrected chi connectivity index (χ3v) is 6.11. The number of halogens is 2. The molecule has 3 N–H and O–H groups in total. The molecule has 2 atom stereocenters. The summed E-state index contributed by atoms with van der Waals surface area (Å²) in [6.07, 6.45) is 1.40. The molecule has 7 heteroatoms. The number of hydrogen-bond donors (Lipinski definition) is 2. The fourth-order valence-electron chi connectivity index (χ4n) is 4.33. The summed E-state index contributed by atoms with van der Waals surface area (Å²) in [4.78, 5) is 14.7. The molecule has 0 fully saturated rings. The average Bonchev–Trinajstić information content (AvgIpc) is 2.85. The van der Waals surface area contributed by atoms with Crippen LogP contribution in [0.15, 0.2) is 66.7 Å². The highest BCUT2D eigenvalue weighted by molar-refractivity contribution is 6.04. The molecule has 3 aromatic carbocycles. The minimum absolute atomic E-state index is 0. The van der Waals surface area contributed by atoms with Crippen molar-refractivity contribution in [1.29, 1.82) is 0 Å². The van der Waals surface area contributed by atoms with Gasteiger partial charge in [-0.15, -0.1) is 0 Å². The van der Waals surface area contributed by atoms with Crippen LogP contribution in [0.1, 0.15) is 48.7 Å². The Morgan fingerprint density at radius 1 is 0.972 bits per heavy atom. The summed E-state index contributed by atoms with van der Waals surface area (Å²) in [6.45, 7) is 7.18. The maximum Gasteiger partial charge on any atom is 0.172 e. The first-order valence-corrected chi connectivity index (χ1v) is 12.5. The highest BCUT2D eigenvalue weighted by atomic mass is 35.5. The Balaban J connectivity index is 0.00000324. The van der Waals surface area contributed by atoms with E-state index in [1.165, 1.54) is 10.5 Å². The van der Waals surface area contributed by atoms with Crippen LogP contribution in [0.5, 0.6) is 5.75 Å². The van der Waals surface area contributed by atoms with Crippen molar-refractivity contribution in [3.05, 3.63) is 77.9 Å². The molecule has 5 nitrogen and oxygen atoms in total. The van der Waals surface area contributed by atoms with Crippen LogP contribution in [0, 0.1) is 0 Å². The van der Waals surface area contributed by atoms with Crippen molar-refractivity contribution >= 4 is 16.6 Å². The van der Waals surface area contributed by atoms with E-state index in [2.05, 4.69) is 44.5 Å². The summed E-state index contributed by atoms with van der Waals surface area (Å²) in [5.41, 5.74) is 1.85. The molecule has 0 saturated heterocycles. The maximum absolute atomic E-state index is 13.3. The van der Waals surface area contributed by atoms with E-state index < -0.39 is 0 Å². The van der Waals surface area contributed by atoms with Gasteiger partial charge in [0.15, 0.2) is 5.78 Å². The van der Waals surface area contributed by atoms with Crippen LogP contribution in [-0.2, 0) is 4.74 Å². The number of quaternary nitrogens is 2. The molecular formula is C29H40Cl2N2O3. The Morgan fingerprint density at radius 2 is 1.67 bits per heavy atom. The normalized spacial score (nSPS) is 12.5. The number of ketones is 1. The van der Waals surface area contributed by atoms with Crippen molar-refractivity contribution in [2.24, 2.45) is 0 Å². The van der Waals surface area contributed by atoms with Crippen molar-refractivity contribution in [3.8, 4) is 5.75 Å². The number of ether oxygens (including phenoxy) is 2. The van der Waals surface area contributed by atoms with Crippen LogP contribution >= 0.6 is 0 Å². The molecule has 0 aliphatic carbocycles. The zero-order valence-electron chi connectivity index (χ0n) is 21.8. The number of hydrogen-bond acceptors (Lipinski definition) is 3. The highest BCUT2D eigenvalue weighted by Crippen LogP contribution is 2.31. The van der Waals surface area contributed by atoms with Crippen LogP contribution in [0.2, 0.25) is 0 Å². The quantitative estimate of drug-likeness (QED) is 0.172. The van der Waals surface area contributed by atoms with Crippen LogP contribution in [-0.4, -0.2) is 52.2 Å². The van der Waals surface area contributed by atoms with E-state index in [4.69, 9.17) is 9.47 Å². The molecule has 0 aliphatic heterocycles. The largest absolute Gasteiger partial charge is 1.00 e. The van der Waals surface area contributed by atoms with Gasteiger partial charge in [-0.2, -0.15) is 0 Å². The fraction of sp³-hybridized carbons (Fsp3) is 0.414. The minimum Gasteiger partial charge on any atom is -1.00 e. The van der Waals surface area contributed by atoms with Gasteiger partial charge in [0.05, 0.1) is 45.8 Å². The van der Waals surface area contributed by atoms with Gasteiger partial charge in [-0.05, 0) is 30.9 Å². The first-order chi connectivity index (χ1) is 16.5. The van der Waals surface area contributed by atoms with Gasteiger partial charge in [-0.1, -0.05) is 60.7 Å². The van der Waals surface area contributed by atoms with Crippen LogP contribution in [0.4, 0.5) is 0 Å². The summed E-state index contributed by atoms with van der Waals surface area (Å²) < 4.78 is 12.2. The predicted octanol–water partition coefficient (Wildman–Crippen LogP) is -2.94. The van der Waals surface area contributed by atoms with E-state index in [-0.39, 0.29) is 42.7 Å². The van der Waals surface area contributed by atoms with E-state index in [1.807, 2.05) is 55.5 Å². The number of nitrogens with two attached hydrogens (primary N) is 1. The van der Waals surface area contributed by atoms with Crippen LogP contribution in [0.25, 0.3) is 10.8 Å². The molecule has 2 unspecified atom stereocenters. The molecule has 36 heavy (non-hydrogen) atoms. The second-order valence-electron chi connectivity index (χ2n) is 9.17. The summed E-state index contributed by atoms with van der Waals surface area (Å²) in [5, 5.41) is 4.31. The molecule has 0 radical (unpaired) electrons. The van der Waals surface area contributed by atoms with E-state index >= 15 is 0 Å². The average molecular weight is 536 g/mol. The summed E-state index contributed by atoms with van der Waals surface area (Å²) >= 11 is 0. The van der Waals surface area contributed by atoms with E-state index in [0.717, 1.165) is 29.5 Å². The first kappa shape index (κ1) is 31.9. The second-order valence-corrected chi connectivity index (χ2v) is 9.17. The number of benzene rings is 3. The molecule has 0 saturated carbocycles. The third kappa shape index (κ3) is 9.06. The fourth-order valence-corrected chi connectivity index (χ4v) is 4.33. The molecule has 0 bridgehead atoms. The monoisotopic (exact) mass is 534 g/mol. The van der Waals surface area contributed by atoms with Gasteiger partial charge in [0, 0.05) is 18.4 Å². The van der Waals surface area contributed by atoms with Crippen LogP contribution < -0.4 is 39.8 Å². The van der Waals surface area contributed by atoms with E-state index in [9.17, 15) is 4.79 Å². The maximum atomic E-state index is 13.3. The predicted molar refractivity (Wildman–Crippen MR) is 138 cm³/mol. The Labute approximate surface area is 228 Å². The molecule has 0 spiro atoms. The lowest BCUT2D eigenvalue weighted by Crippen LogP contribution is -3.05. The Bertz CT molecular complexity index is 1050. The molecule has 0 aromatic heterocycles. The van der Waals surface area contributed by atoms with Gasteiger partial charge in [0.1, 0.15) is 17.9 Å². The third-order valence-electron chi connectivity index (χ3n) is 6.11. The van der Waals surface area contributed by atoms with Crippen molar-refractivity contribution in [3.63, 3.8) is 0 Å². The number of Topliss-reactive ketones (excluding diaryl/α,β-unsaturated/α-hetero) is 1.